The maximum Gasteiger partial charge on any atom is 0.242 e. The predicted octanol–water partition coefficient (Wildman–Crippen LogP) is 3.20. The van der Waals surface area contributed by atoms with Crippen molar-refractivity contribution in [3.05, 3.63) is 53.9 Å². The van der Waals surface area contributed by atoms with Gasteiger partial charge in [0, 0.05) is 25.5 Å². The van der Waals surface area contributed by atoms with Crippen molar-refractivity contribution in [2.24, 2.45) is 5.92 Å². The molecule has 0 bridgehead atoms. The van der Waals surface area contributed by atoms with Crippen LogP contribution in [0.1, 0.15) is 30.7 Å². The first kappa shape index (κ1) is 16.7. The molecule has 2 heterocycles. The van der Waals surface area contributed by atoms with Crippen LogP contribution in [0.15, 0.2) is 36.7 Å². The van der Waals surface area contributed by atoms with E-state index in [0.717, 1.165) is 50.2 Å². The number of aryl methyl sites for hydroxylation is 2. The highest BCUT2D eigenvalue weighted by atomic mass is 19.1. The maximum atomic E-state index is 13.0. The zero-order valence-corrected chi connectivity index (χ0v) is 14.1. The molecule has 0 aliphatic carbocycles. The monoisotopic (exact) mass is 329 g/mol. The first-order valence-corrected chi connectivity index (χ1v) is 8.62. The van der Waals surface area contributed by atoms with Gasteiger partial charge in [0.05, 0.1) is 0 Å². The van der Waals surface area contributed by atoms with Crippen LogP contribution in [-0.2, 0) is 17.8 Å². The number of nitrogens with zero attached hydrogens (tertiary/aromatic N) is 3. The van der Waals surface area contributed by atoms with Crippen LogP contribution < -0.4 is 0 Å². The number of imidazole rings is 1. The molecule has 4 nitrogen and oxygen atoms in total. The van der Waals surface area contributed by atoms with Gasteiger partial charge < -0.3 is 9.47 Å². The number of hydrogen-bond donors (Lipinski definition) is 0. The molecule has 5 heteroatoms. The summed E-state index contributed by atoms with van der Waals surface area (Å²) in [5.41, 5.74) is 1.16. The quantitative estimate of drug-likeness (QED) is 0.845. The number of benzene rings is 1. The van der Waals surface area contributed by atoms with Crippen LogP contribution in [0.25, 0.3) is 0 Å². The van der Waals surface area contributed by atoms with Gasteiger partial charge in [-0.25, -0.2) is 9.37 Å². The molecule has 1 unspecified atom stereocenters. The van der Waals surface area contributed by atoms with E-state index in [0.29, 0.717) is 12.5 Å². The van der Waals surface area contributed by atoms with Gasteiger partial charge in [0.2, 0.25) is 5.91 Å². The Bertz CT molecular complexity index is 680. The van der Waals surface area contributed by atoms with Crippen molar-refractivity contribution in [2.75, 3.05) is 13.1 Å². The molecule has 0 radical (unpaired) electrons. The predicted molar refractivity (Wildman–Crippen MR) is 91.0 cm³/mol. The Balaban J connectivity index is 1.51. The molecular formula is C19H24FN3O. The number of hydrogen-bond acceptors (Lipinski definition) is 2. The summed E-state index contributed by atoms with van der Waals surface area (Å²) in [6, 6.07) is 6.73. The van der Waals surface area contributed by atoms with Crippen molar-refractivity contribution in [1.82, 2.24) is 14.5 Å². The van der Waals surface area contributed by atoms with Crippen LogP contribution >= 0.6 is 0 Å². The molecule has 1 aromatic carbocycles. The Morgan fingerprint density at radius 2 is 2.12 bits per heavy atom. The summed E-state index contributed by atoms with van der Waals surface area (Å²) >= 11 is 0. The van der Waals surface area contributed by atoms with Crippen molar-refractivity contribution in [3.8, 4) is 0 Å². The fraction of sp³-hybridized carbons (Fsp3) is 0.474. The minimum atomic E-state index is -0.192. The highest BCUT2D eigenvalue weighted by Crippen LogP contribution is 2.22. The number of amides is 1. The Morgan fingerprint density at radius 3 is 2.83 bits per heavy atom. The molecule has 0 saturated carbocycles. The molecule has 1 aliphatic heterocycles. The average Bonchev–Trinajstić information content (AvgIpc) is 2.99. The van der Waals surface area contributed by atoms with Gasteiger partial charge in [0.15, 0.2) is 0 Å². The third-order valence-corrected chi connectivity index (χ3v) is 4.86. The third kappa shape index (κ3) is 4.22. The van der Waals surface area contributed by atoms with Crippen LogP contribution in [0.3, 0.4) is 0 Å². The summed E-state index contributed by atoms with van der Waals surface area (Å²) < 4.78 is 14.8. The number of aromatic nitrogens is 2. The second kappa shape index (κ2) is 7.60. The smallest absolute Gasteiger partial charge is 0.242 e. The number of rotatable bonds is 5. The van der Waals surface area contributed by atoms with Gasteiger partial charge in [-0.1, -0.05) is 12.1 Å². The van der Waals surface area contributed by atoms with Crippen LogP contribution in [0, 0.1) is 18.7 Å². The Kier molecular flexibility index (Phi) is 5.28. The van der Waals surface area contributed by atoms with Gasteiger partial charge in [0.25, 0.3) is 0 Å². The van der Waals surface area contributed by atoms with E-state index in [4.69, 9.17) is 0 Å². The SMILES string of the molecule is Cc1nccn1CC(=O)N1CCCC(CCc2ccc(F)cc2)C1. The van der Waals surface area contributed by atoms with E-state index in [1.807, 2.05) is 34.7 Å². The molecule has 1 saturated heterocycles. The second-order valence-electron chi connectivity index (χ2n) is 6.62. The molecule has 24 heavy (non-hydrogen) atoms. The minimum Gasteiger partial charge on any atom is -0.341 e. The summed E-state index contributed by atoms with van der Waals surface area (Å²) in [5.74, 6) is 1.37. The normalized spacial score (nSPS) is 17.9. The van der Waals surface area contributed by atoms with E-state index in [-0.39, 0.29) is 11.7 Å². The lowest BCUT2D eigenvalue weighted by Gasteiger charge is -2.33. The number of halogens is 1. The molecule has 2 aromatic rings. The molecule has 3 rings (SSSR count). The van der Waals surface area contributed by atoms with Crippen LogP contribution in [0.2, 0.25) is 0 Å². The van der Waals surface area contributed by atoms with Crippen molar-refractivity contribution in [1.29, 1.82) is 0 Å². The van der Waals surface area contributed by atoms with E-state index in [9.17, 15) is 9.18 Å². The van der Waals surface area contributed by atoms with Crippen molar-refractivity contribution in [2.45, 2.75) is 39.2 Å². The zero-order chi connectivity index (χ0) is 16.9. The van der Waals surface area contributed by atoms with Gasteiger partial charge in [-0.3, -0.25) is 4.79 Å². The molecule has 1 atom stereocenters. The van der Waals surface area contributed by atoms with Gasteiger partial charge in [-0.2, -0.15) is 0 Å². The lowest BCUT2D eigenvalue weighted by atomic mass is 9.91. The van der Waals surface area contributed by atoms with E-state index in [1.165, 1.54) is 12.1 Å². The summed E-state index contributed by atoms with van der Waals surface area (Å²) in [6.45, 7) is 3.96. The van der Waals surface area contributed by atoms with Gasteiger partial charge in [-0.15, -0.1) is 0 Å². The third-order valence-electron chi connectivity index (χ3n) is 4.86. The summed E-state index contributed by atoms with van der Waals surface area (Å²) in [4.78, 5) is 18.7. The molecular weight excluding hydrogens is 305 g/mol. The maximum absolute atomic E-state index is 13.0. The molecule has 0 spiro atoms. The van der Waals surface area contributed by atoms with Gasteiger partial charge >= 0.3 is 0 Å². The Morgan fingerprint density at radius 1 is 1.33 bits per heavy atom. The van der Waals surface area contributed by atoms with Crippen molar-refractivity contribution < 1.29 is 9.18 Å². The van der Waals surface area contributed by atoms with Crippen LogP contribution in [0.4, 0.5) is 4.39 Å². The first-order valence-electron chi connectivity index (χ1n) is 8.62. The molecule has 1 fully saturated rings. The fourth-order valence-electron chi connectivity index (χ4n) is 3.37. The molecule has 128 valence electrons. The zero-order valence-electron chi connectivity index (χ0n) is 14.1. The minimum absolute atomic E-state index is 0.169. The van der Waals surface area contributed by atoms with Crippen molar-refractivity contribution >= 4 is 5.91 Å². The summed E-state index contributed by atoms with van der Waals surface area (Å²) in [6.07, 6.45) is 7.78. The highest BCUT2D eigenvalue weighted by Gasteiger charge is 2.23. The lowest BCUT2D eigenvalue weighted by Crippen LogP contribution is -2.41. The highest BCUT2D eigenvalue weighted by molar-refractivity contribution is 5.76. The molecule has 1 aliphatic rings. The second-order valence-corrected chi connectivity index (χ2v) is 6.62. The molecule has 1 amide bonds. The number of carbonyl (C=O) groups is 1. The lowest BCUT2D eigenvalue weighted by molar-refractivity contribution is -0.133. The number of carbonyl (C=O) groups excluding carboxylic acids is 1. The summed E-state index contributed by atoms with van der Waals surface area (Å²) in [7, 11) is 0. The molecule has 0 N–H and O–H groups in total. The van der Waals surface area contributed by atoms with Crippen molar-refractivity contribution in [3.63, 3.8) is 0 Å². The standard InChI is InChI=1S/C19H24FN3O/c1-15-21-10-12-22(15)14-19(24)23-11-2-3-17(13-23)5-4-16-6-8-18(20)9-7-16/h6-10,12,17H,2-5,11,13-14H2,1H3. The van der Waals surface area contributed by atoms with E-state index < -0.39 is 0 Å². The number of piperidine rings is 1. The first-order chi connectivity index (χ1) is 11.6. The Hall–Kier alpha value is -2.17. The van der Waals surface area contributed by atoms with E-state index >= 15 is 0 Å². The van der Waals surface area contributed by atoms with Crippen LogP contribution in [0.5, 0.6) is 0 Å². The topological polar surface area (TPSA) is 38.1 Å². The van der Waals surface area contributed by atoms with Gasteiger partial charge in [-0.05, 0) is 56.2 Å². The van der Waals surface area contributed by atoms with E-state index in [1.54, 1.807) is 6.20 Å². The summed E-state index contributed by atoms with van der Waals surface area (Å²) in [5, 5.41) is 0. The molecule has 1 aromatic heterocycles. The van der Waals surface area contributed by atoms with Crippen LogP contribution in [-0.4, -0.2) is 33.4 Å². The average molecular weight is 329 g/mol. The number of likely N-dealkylation sites (tertiary alicyclic amines) is 1. The Labute approximate surface area is 142 Å². The fourth-order valence-corrected chi connectivity index (χ4v) is 3.37. The van der Waals surface area contributed by atoms with Gasteiger partial charge in [0.1, 0.15) is 18.2 Å². The van der Waals surface area contributed by atoms with E-state index in [2.05, 4.69) is 4.98 Å². The largest absolute Gasteiger partial charge is 0.341 e.